The lowest BCUT2D eigenvalue weighted by atomic mass is 10.1. The number of pyridine rings is 1. The minimum atomic E-state index is -0.418. The molecule has 0 saturated carbocycles. The Morgan fingerprint density at radius 1 is 1.00 bits per heavy atom. The van der Waals surface area contributed by atoms with Crippen molar-refractivity contribution >= 4 is 51.4 Å². The first-order valence-electron chi connectivity index (χ1n) is 12.2. The summed E-state index contributed by atoms with van der Waals surface area (Å²) in [6, 6.07) is 15.1. The average molecular weight is 539 g/mol. The van der Waals surface area contributed by atoms with Crippen LogP contribution < -0.4 is 20.6 Å². The highest BCUT2D eigenvalue weighted by atomic mass is 35.5. The summed E-state index contributed by atoms with van der Waals surface area (Å²) in [4.78, 5) is 32.4. The third-order valence-corrected chi connectivity index (χ3v) is 7.19. The van der Waals surface area contributed by atoms with Gasteiger partial charge in [-0.1, -0.05) is 42.3 Å². The molecular formula is C27H28Cl2N6O2. The van der Waals surface area contributed by atoms with Gasteiger partial charge in [-0.05, 0) is 49.4 Å². The molecule has 0 spiro atoms. The van der Waals surface area contributed by atoms with Gasteiger partial charge in [-0.25, -0.2) is 9.97 Å². The monoisotopic (exact) mass is 538 g/mol. The molecule has 4 aromatic rings. The van der Waals surface area contributed by atoms with Gasteiger partial charge in [0.15, 0.2) is 5.65 Å². The summed E-state index contributed by atoms with van der Waals surface area (Å²) in [5.74, 6) is 0.533. The first kappa shape index (κ1) is 25.3. The Bertz CT molecular complexity index is 1460. The maximum Gasteiger partial charge on any atom is 0.293 e. The first-order chi connectivity index (χ1) is 18.0. The molecule has 1 fully saturated rings. The summed E-state index contributed by atoms with van der Waals surface area (Å²) in [5.41, 5.74) is 2.67. The summed E-state index contributed by atoms with van der Waals surface area (Å²) >= 11 is 12.9. The smallest absolute Gasteiger partial charge is 0.293 e. The van der Waals surface area contributed by atoms with Gasteiger partial charge < -0.3 is 15.1 Å². The highest BCUT2D eigenvalue weighted by Gasteiger charge is 2.20. The largest absolute Gasteiger partial charge is 0.412 e. The Morgan fingerprint density at radius 3 is 2.43 bits per heavy atom. The quantitative estimate of drug-likeness (QED) is 0.350. The Labute approximate surface area is 225 Å². The highest BCUT2D eigenvalue weighted by molar-refractivity contribution is 6.39. The zero-order chi connectivity index (χ0) is 25.9. The molecule has 37 heavy (non-hydrogen) atoms. The fraction of sp³-hybridized carbons (Fsp3) is 0.296. The zero-order valence-electron chi connectivity index (χ0n) is 20.7. The van der Waals surface area contributed by atoms with Crippen molar-refractivity contribution in [3.63, 3.8) is 0 Å². The van der Waals surface area contributed by atoms with E-state index in [4.69, 9.17) is 28.0 Å². The van der Waals surface area contributed by atoms with Crippen molar-refractivity contribution in [3.05, 3.63) is 75.3 Å². The number of fused-ring (bicyclic) bond motifs is 1. The molecule has 2 aromatic heterocycles. The number of anilines is 3. The molecule has 2 aromatic carbocycles. The highest BCUT2D eigenvalue weighted by Crippen LogP contribution is 2.35. The van der Waals surface area contributed by atoms with Crippen molar-refractivity contribution < 1.29 is 4.84 Å². The van der Waals surface area contributed by atoms with Crippen LogP contribution in [-0.4, -0.2) is 59.4 Å². The van der Waals surface area contributed by atoms with Crippen molar-refractivity contribution in [2.75, 3.05) is 50.1 Å². The van der Waals surface area contributed by atoms with E-state index in [1.807, 2.05) is 12.1 Å². The van der Waals surface area contributed by atoms with E-state index in [2.05, 4.69) is 44.1 Å². The predicted molar refractivity (Wildman–Crippen MR) is 150 cm³/mol. The number of hydrogen-bond donors (Lipinski definition) is 1. The molecule has 0 amide bonds. The van der Waals surface area contributed by atoms with Gasteiger partial charge in [0.2, 0.25) is 0 Å². The van der Waals surface area contributed by atoms with Gasteiger partial charge in [0.1, 0.15) is 19.3 Å². The van der Waals surface area contributed by atoms with E-state index in [-0.39, 0.29) is 0 Å². The Morgan fingerprint density at radius 2 is 1.73 bits per heavy atom. The summed E-state index contributed by atoms with van der Waals surface area (Å²) in [5, 5.41) is 4.73. The number of nitrogens with zero attached hydrogens (tertiary/aromatic N) is 5. The predicted octanol–water partition coefficient (Wildman–Crippen LogP) is 5.10. The van der Waals surface area contributed by atoms with Crippen molar-refractivity contribution in [2.45, 2.75) is 13.3 Å². The molecule has 1 saturated heterocycles. The SMILES string of the molecule is CCCN1CCN(c2cccc(Nc3ncnc4c3cc(-c3c(Cl)cccc3Cl)c(=O)n4OC)c2)CC1. The van der Waals surface area contributed by atoms with Gasteiger partial charge >= 0.3 is 0 Å². The molecular weight excluding hydrogens is 511 g/mol. The Balaban J connectivity index is 1.52. The van der Waals surface area contributed by atoms with Crippen LogP contribution in [0.25, 0.3) is 22.2 Å². The number of nitrogens with one attached hydrogen (secondary N) is 1. The minimum Gasteiger partial charge on any atom is -0.412 e. The zero-order valence-corrected chi connectivity index (χ0v) is 22.3. The second kappa shape index (κ2) is 11.0. The molecule has 1 aliphatic rings. The van der Waals surface area contributed by atoms with Crippen molar-refractivity contribution in [1.82, 2.24) is 19.6 Å². The van der Waals surface area contributed by atoms with E-state index in [0.29, 0.717) is 38.0 Å². The van der Waals surface area contributed by atoms with Crippen LogP contribution in [0.1, 0.15) is 13.3 Å². The van der Waals surface area contributed by atoms with Crippen LogP contribution >= 0.6 is 23.2 Å². The lowest BCUT2D eigenvalue weighted by Gasteiger charge is -2.36. The molecule has 10 heteroatoms. The molecule has 0 atom stereocenters. The average Bonchev–Trinajstić information content (AvgIpc) is 2.90. The first-order valence-corrected chi connectivity index (χ1v) is 13.0. The second-order valence-corrected chi connectivity index (χ2v) is 9.71. The number of rotatable bonds is 7. The van der Waals surface area contributed by atoms with Crippen LogP contribution in [-0.2, 0) is 0 Å². The number of piperazine rings is 1. The Hall–Kier alpha value is -3.33. The van der Waals surface area contributed by atoms with Gasteiger partial charge in [0.25, 0.3) is 5.56 Å². The van der Waals surface area contributed by atoms with E-state index >= 15 is 0 Å². The van der Waals surface area contributed by atoms with E-state index in [9.17, 15) is 4.79 Å². The Kier molecular flexibility index (Phi) is 7.50. The topological polar surface area (TPSA) is 75.5 Å². The van der Waals surface area contributed by atoms with Crippen molar-refractivity contribution in [2.24, 2.45) is 0 Å². The molecule has 5 rings (SSSR count). The second-order valence-electron chi connectivity index (χ2n) is 8.90. The molecule has 0 aliphatic carbocycles. The van der Waals surface area contributed by atoms with Gasteiger partial charge in [0.05, 0.1) is 21.0 Å². The van der Waals surface area contributed by atoms with Crippen molar-refractivity contribution in [3.8, 4) is 11.1 Å². The summed E-state index contributed by atoms with van der Waals surface area (Å²) in [6.45, 7) is 7.46. The van der Waals surface area contributed by atoms with Crippen molar-refractivity contribution in [1.29, 1.82) is 0 Å². The lowest BCUT2D eigenvalue weighted by molar-refractivity contribution is 0.168. The summed E-state index contributed by atoms with van der Waals surface area (Å²) in [6.07, 6.45) is 2.58. The molecule has 1 N–H and O–H groups in total. The van der Waals surface area contributed by atoms with E-state index < -0.39 is 5.56 Å². The standard InChI is InChI=1S/C27H28Cl2N6O2/c1-3-10-33-11-13-34(14-12-33)19-7-4-6-18(15-19)32-25-21-16-20(24-22(28)8-5-9-23(24)29)27(36)35(37-2)26(21)31-17-30-25/h4-9,15-17H,3,10-14H2,1-2H3,(H,30,31,32). The number of hydrogen-bond acceptors (Lipinski definition) is 7. The van der Waals surface area contributed by atoms with Crippen LogP contribution in [0, 0.1) is 0 Å². The third-order valence-electron chi connectivity index (χ3n) is 6.56. The lowest BCUT2D eigenvalue weighted by Crippen LogP contribution is -2.46. The van der Waals surface area contributed by atoms with Crippen LogP contribution in [0.2, 0.25) is 10.0 Å². The maximum atomic E-state index is 13.3. The van der Waals surface area contributed by atoms with E-state index in [1.165, 1.54) is 19.9 Å². The van der Waals surface area contributed by atoms with Gasteiger partial charge in [-0.2, -0.15) is 0 Å². The van der Waals surface area contributed by atoms with Crippen LogP contribution in [0.4, 0.5) is 17.2 Å². The normalized spacial score (nSPS) is 14.2. The number of aromatic nitrogens is 3. The van der Waals surface area contributed by atoms with E-state index in [0.717, 1.165) is 48.8 Å². The summed E-state index contributed by atoms with van der Waals surface area (Å²) < 4.78 is 1.13. The van der Waals surface area contributed by atoms with Gasteiger partial charge in [0, 0.05) is 43.1 Å². The van der Waals surface area contributed by atoms with Crippen LogP contribution in [0.15, 0.2) is 59.7 Å². The fourth-order valence-electron chi connectivity index (χ4n) is 4.76. The number of halogens is 2. The van der Waals surface area contributed by atoms with Crippen LogP contribution in [0.3, 0.4) is 0 Å². The molecule has 8 nitrogen and oxygen atoms in total. The summed E-state index contributed by atoms with van der Waals surface area (Å²) in [7, 11) is 1.41. The molecule has 3 heterocycles. The molecule has 0 unspecified atom stereocenters. The fourth-order valence-corrected chi connectivity index (χ4v) is 5.36. The molecule has 0 bridgehead atoms. The minimum absolute atomic E-state index is 0.293. The molecule has 0 radical (unpaired) electrons. The maximum absolute atomic E-state index is 13.3. The molecule has 192 valence electrons. The van der Waals surface area contributed by atoms with E-state index in [1.54, 1.807) is 24.3 Å². The van der Waals surface area contributed by atoms with Crippen LogP contribution in [0.5, 0.6) is 0 Å². The van der Waals surface area contributed by atoms with Gasteiger partial charge in [-0.3, -0.25) is 9.69 Å². The number of benzene rings is 2. The third kappa shape index (κ3) is 5.09. The molecule has 1 aliphatic heterocycles. The van der Waals surface area contributed by atoms with Gasteiger partial charge in [-0.15, -0.1) is 4.73 Å².